The smallest absolute Gasteiger partial charge is 0.213 e. The zero-order valence-electron chi connectivity index (χ0n) is 14.6. The number of fused-ring (bicyclic) bond motifs is 3. The predicted octanol–water partition coefficient (Wildman–Crippen LogP) is 5.86. The lowest BCUT2D eigenvalue weighted by atomic mass is 9.96. The first-order chi connectivity index (χ1) is 13.6. The molecular weight excluding hydrogens is 382 g/mol. The van der Waals surface area contributed by atoms with E-state index >= 15 is 0 Å². The summed E-state index contributed by atoms with van der Waals surface area (Å²) in [5.74, 6) is -1.06. The Bertz CT molecular complexity index is 1080. The molecule has 0 spiro atoms. The van der Waals surface area contributed by atoms with Crippen LogP contribution < -0.4 is 4.74 Å². The number of benzene rings is 3. The van der Waals surface area contributed by atoms with Gasteiger partial charge in [0.15, 0.2) is 11.6 Å². The van der Waals surface area contributed by atoms with Crippen molar-refractivity contribution < 1.29 is 13.5 Å². The van der Waals surface area contributed by atoms with Crippen molar-refractivity contribution in [3.05, 3.63) is 100 Å². The third kappa shape index (κ3) is 2.83. The highest BCUT2D eigenvalue weighted by Gasteiger charge is 2.41. The summed E-state index contributed by atoms with van der Waals surface area (Å²) in [7, 11) is 0. The van der Waals surface area contributed by atoms with Crippen molar-refractivity contribution in [1.82, 2.24) is 5.01 Å². The quantitative estimate of drug-likeness (QED) is 0.542. The van der Waals surface area contributed by atoms with Crippen molar-refractivity contribution in [3.8, 4) is 5.75 Å². The molecule has 0 amide bonds. The van der Waals surface area contributed by atoms with Gasteiger partial charge in [-0.2, -0.15) is 5.10 Å². The summed E-state index contributed by atoms with van der Waals surface area (Å²) in [5.41, 5.74) is 3.41. The molecule has 0 saturated heterocycles. The number of hydrogen-bond donors (Lipinski definition) is 0. The summed E-state index contributed by atoms with van der Waals surface area (Å²) in [6.07, 6.45) is 0.0436. The van der Waals surface area contributed by atoms with E-state index < -0.39 is 17.9 Å². The highest BCUT2D eigenvalue weighted by atomic mass is 35.5. The highest BCUT2D eigenvalue weighted by Crippen LogP contribution is 2.47. The zero-order valence-corrected chi connectivity index (χ0v) is 15.4. The maximum Gasteiger partial charge on any atom is 0.213 e. The van der Waals surface area contributed by atoms with Crippen LogP contribution in [0.15, 0.2) is 71.8 Å². The second-order valence-electron chi connectivity index (χ2n) is 6.84. The zero-order chi connectivity index (χ0) is 19.3. The summed E-state index contributed by atoms with van der Waals surface area (Å²) in [6, 6.07) is 19.0. The van der Waals surface area contributed by atoms with Crippen LogP contribution in [0.1, 0.15) is 35.4 Å². The average Bonchev–Trinajstić information content (AvgIpc) is 3.16. The minimum atomic E-state index is -0.905. The van der Waals surface area contributed by atoms with Crippen molar-refractivity contribution >= 4 is 17.3 Å². The number of ether oxygens (including phenoxy) is 1. The van der Waals surface area contributed by atoms with Crippen LogP contribution in [0.3, 0.4) is 0 Å². The Kier molecular flexibility index (Phi) is 4.05. The van der Waals surface area contributed by atoms with Crippen LogP contribution in [0, 0.1) is 11.6 Å². The van der Waals surface area contributed by atoms with Gasteiger partial charge < -0.3 is 4.74 Å². The van der Waals surface area contributed by atoms with Crippen LogP contribution in [-0.4, -0.2) is 10.7 Å². The number of hydrogen-bond acceptors (Lipinski definition) is 3. The van der Waals surface area contributed by atoms with Gasteiger partial charge in [0, 0.05) is 22.6 Å². The third-order valence-electron chi connectivity index (χ3n) is 5.11. The van der Waals surface area contributed by atoms with Gasteiger partial charge in [-0.1, -0.05) is 48.0 Å². The van der Waals surface area contributed by atoms with E-state index in [2.05, 4.69) is 0 Å². The first-order valence-corrected chi connectivity index (χ1v) is 9.30. The Morgan fingerprint density at radius 3 is 2.54 bits per heavy atom. The molecule has 2 atom stereocenters. The molecule has 3 aromatic carbocycles. The topological polar surface area (TPSA) is 24.8 Å². The molecule has 0 fully saturated rings. The molecule has 3 aromatic rings. The largest absolute Gasteiger partial charge is 0.464 e. The van der Waals surface area contributed by atoms with Gasteiger partial charge in [0.2, 0.25) is 6.23 Å². The lowest BCUT2D eigenvalue weighted by molar-refractivity contribution is -0.0192. The van der Waals surface area contributed by atoms with Crippen LogP contribution in [0.2, 0.25) is 5.02 Å². The minimum Gasteiger partial charge on any atom is -0.464 e. The van der Waals surface area contributed by atoms with E-state index in [1.165, 1.54) is 12.1 Å². The van der Waals surface area contributed by atoms with Crippen molar-refractivity contribution in [3.63, 3.8) is 0 Å². The van der Waals surface area contributed by atoms with Crippen LogP contribution in [0.4, 0.5) is 8.78 Å². The van der Waals surface area contributed by atoms with E-state index in [-0.39, 0.29) is 6.04 Å². The van der Waals surface area contributed by atoms with Crippen molar-refractivity contribution in [2.24, 2.45) is 5.10 Å². The van der Waals surface area contributed by atoms with Gasteiger partial charge in [0.05, 0.1) is 11.8 Å². The van der Waals surface area contributed by atoms with Crippen LogP contribution in [-0.2, 0) is 0 Å². The second-order valence-corrected chi connectivity index (χ2v) is 7.27. The van der Waals surface area contributed by atoms with Gasteiger partial charge in [-0.05, 0) is 35.9 Å². The summed E-state index contributed by atoms with van der Waals surface area (Å²) in [4.78, 5) is 0. The Hall–Kier alpha value is -2.92. The maximum absolute atomic E-state index is 13.9. The van der Waals surface area contributed by atoms with Crippen LogP contribution in [0.25, 0.3) is 0 Å². The summed E-state index contributed by atoms with van der Waals surface area (Å²) in [5, 5.41) is 7.28. The first-order valence-electron chi connectivity index (χ1n) is 8.92. The molecule has 28 heavy (non-hydrogen) atoms. The molecule has 5 rings (SSSR count). The maximum atomic E-state index is 13.9. The van der Waals surface area contributed by atoms with Gasteiger partial charge in [-0.3, -0.25) is 0 Å². The molecule has 2 aliphatic heterocycles. The second kappa shape index (κ2) is 6.60. The van der Waals surface area contributed by atoms with Gasteiger partial charge in [0.25, 0.3) is 0 Å². The molecule has 6 heteroatoms. The number of rotatable bonds is 2. The molecule has 140 valence electrons. The number of halogens is 3. The fraction of sp³-hybridized carbons (Fsp3) is 0.136. The minimum absolute atomic E-state index is 0.0475. The molecular formula is C22H15ClF2N2O. The van der Waals surface area contributed by atoms with Crippen LogP contribution >= 0.6 is 11.6 Å². The van der Waals surface area contributed by atoms with Gasteiger partial charge in [-0.15, -0.1) is 0 Å². The molecule has 0 saturated carbocycles. The fourth-order valence-corrected chi connectivity index (χ4v) is 3.86. The van der Waals surface area contributed by atoms with E-state index in [0.717, 1.165) is 28.7 Å². The molecule has 3 nitrogen and oxygen atoms in total. The third-order valence-corrected chi connectivity index (χ3v) is 5.36. The van der Waals surface area contributed by atoms with Crippen molar-refractivity contribution in [1.29, 1.82) is 0 Å². The van der Waals surface area contributed by atoms with Gasteiger partial charge in [0.1, 0.15) is 5.75 Å². The Morgan fingerprint density at radius 1 is 0.964 bits per heavy atom. The van der Waals surface area contributed by atoms with Crippen molar-refractivity contribution in [2.75, 3.05) is 0 Å². The molecule has 0 bridgehead atoms. The molecule has 0 aliphatic carbocycles. The summed E-state index contributed by atoms with van der Waals surface area (Å²) < 4.78 is 33.4. The Balaban J connectivity index is 1.59. The standard InChI is InChI=1S/C22H15ClF2N2O/c23-15-8-5-13(6-9-15)19-12-20-16-3-1-2-4-21(16)28-22(27(20)26-19)14-7-10-17(24)18(25)11-14/h1-11,20,22H,12H2. The SMILES string of the molecule is Fc1ccc(C2Oc3ccccc3C3CC(c4ccc(Cl)cc4)=NN32)cc1F. The molecule has 2 heterocycles. The fourth-order valence-electron chi connectivity index (χ4n) is 3.74. The van der Waals surface area contributed by atoms with Gasteiger partial charge in [-0.25, -0.2) is 13.8 Å². The van der Waals surface area contributed by atoms with Gasteiger partial charge >= 0.3 is 0 Å². The molecule has 0 radical (unpaired) electrons. The average molecular weight is 397 g/mol. The van der Waals surface area contributed by atoms with E-state index in [1.807, 2.05) is 53.5 Å². The first kappa shape index (κ1) is 17.2. The monoisotopic (exact) mass is 396 g/mol. The van der Waals surface area contributed by atoms with E-state index in [4.69, 9.17) is 21.4 Å². The lowest BCUT2D eigenvalue weighted by Gasteiger charge is -2.38. The summed E-state index contributed by atoms with van der Waals surface area (Å²) in [6.45, 7) is 0. The molecule has 0 aromatic heterocycles. The van der Waals surface area contributed by atoms with Crippen LogP contribution in [0.5, 0.6) is 5.75 Å². The Morgan fingerprint density at radius 2 is 1.75 bits per heavy atom. The highest BCUT2D eigenvalue weighted by molar-refractivity contribution is 6.30. The number of hydrazone groups is 1. The molecule has 2 unspecified atom stereocenters. The molecule has 0 N–H and O–H groups in total. The number of nitrogens with zero attached hydrogens (tertiary/aromatic N) is 2. The van der Waals surface area contributed by atoms with E-state index in [9.17, 15) is 8.78 Å². The Labute approximate surface area is 165 Å². The van der Waals surface area contributed by atoms with E-state index in [0.29, 0.717) is 17.0 Å². The predicted molar refractivity (Wildman–Crippen MR) is 103 cm³/mol. The lowest BCUT2D eigenvalue weighted by Crippen LogP contribution is -2.33. The summed E-state index contributed by atoms with van der Waals surface area (Å²) >= 11 is 6.00. The normalized spacial score (nSPS) is 20.2. The van der Waals surface area contributed by atoms with E-state index in [1.54, 1.807) is 0 Å². The molecule has 2 aliphatic rings. The number of para-hydroxylation sites is 1. The van der Waals surface area contributed by atoms with Crippen molar-refractivity contribution in [2.45, 2.75) is 18.7 Å².